The Morgan fingerprint density at radius 3 is 2.10 bits per heavy atom. The Balaban J connectivity index is 1.22. The van der Waals surface area contributed by atoms with Crippen molar-refractivity contribution in [3.8, 4) is 0 Å². The molecule has 0 N–H and O–H groups in total. The minimum Gasteiger partial charge on any atom is -0.343 e. The molecule has 164 valence electrons. The molecule has 3 fully saturated rings. The fourth-order valence-corrected chi connectivity index (χ4v) is 5.65. The summed E-state index contributed by atoms with van der Waals surface area (Å²) in [6.45, 7) is 6.77. The Kier molecular flexibility index (Phi) is 6.47. The summed E-state index contributed by atoms with van der Waals surface area (Å²) in [6.07, 6.45) is 6.81. The highest BCUT2D eigenvalue weighted by atomic mass is 16.2. The Hall–Kier alpha value is -1.88. The van der Waals surface area contributed by atoms with E-state index in [9.17, 15) is 9.59 Å². The summed E-state index contributed by atoms with van der Waals surface area (Å²) >= 11 is 0. The van der Waals surface area contributed by atoms with Crippen molar-refractivity contribution in [2.45, 2.75) is 57.9 Å². The first-order chi connectivity index (χ1) is 14.5. The van der Waals surface area contributed by atoms with Gasteiger partial charge < -0.3 is 14.7 Å². The molecule has 5 nitrogen and oxygen atoms in total. The number of hydrogen-bond donors (Lipinski definition) is 0. The van der Waals surface area contributed by atoms with Crippen LogP contribution in [0.5, 0.6) is 0 Å². The van der Waals surface area contributed by atoms with Crippen LogP contribution in [0.4, 0.5) is 0 Å². The van der Waals surface area contributed by atoms with Crippen LogP contribution in [0.15, 0.2) is 30.3 Å². The number of likely N-dealkylation sites (tertiary alicyclic amines) is 3. The number of rotatable bonds is 4. The third-order valence-corrected chi connectivity index (χ3v) is 8.17. The normalized spacial score (nSPS) is 26.9. The van der Waals surface area contributed by atoms with Crippen LogP contribution in [0.25, 0.3) is 0 Å². The monoisotopic (exact) mass is 411 g/mol. The molecule has 0 unspecified atom stereocenters. The molecule has 4 rings (SSSR count). The van der Waals surface area contributed by atoms with E-state index in [0.717, 1.165) is 71.2 Å². The van der Waals surface area contributed by atoms with E-state index in [1.54, 1.807) is 0 Å². The number of benzene rings is 1. The van der Waals surface area contributed by atoms with Crippen molar-refractivity contribution >= 4 is 11.8 Å². The summed E-state index contributed by atoms with van der Waals surface area (Å²) < 4.78 is 0. The number of amides is 2. The van der Waals surface area contributed by atoms with E-state index in [4.69, 9.17) is 0 Å². The molecule has 0 aliphatic carbocycles. The molecule has 3 heterocycles. The summed E-state index contributed by atoms with van der Waals surface area (Å²) in [6, 6.07) is 10.6. The smallest absolute Gasteiger partial charge is 0.227 e. The summed E-state index contributed by atoms with van der Waals surface area (Å²) in [5.41, 5.74) is 1.57. The lowest BCUT2D eigenvalue weighted by molar-refractivity contribution is -0.139. The highest BCUT2D eigenvalue weighted by molar-refractivity contribution is 5.80. The van der Waals surface area contributed by atoms with Crippen molar-refractivity contribution in [1.82, 2.24) is 14.7 Å². The molecule has 0 radical (unpaired) electrons. The van der Waals surface area contributed by atoms with Crippen LogP contribution in [0.1, 0.15) is 51.0 Å². The van der Waals surface area contributed by atoms with Crippen LogP contribution in [-0.4, -0.2) is 72.3 Å². The molecule has 3 aliphatic rings. The minimum atomic E-state index is 0.174. The van der Waals surface area contributed by atoms with Gasteiger partial charge in [0.15, 0.2) is 0 Å². The SMILES string of the molecule is C[C@@H]1[C@H](C(=O)N2CCC3(CCN(C(=O)CCc4ccccc4)CC3)CC2)CCN1C. The van der Waals surface area contributed by atoms with Crippen LogP contribution in [0, 0.1) is 11.3 Å². The van der Waals surface area contributed by atoms with Gasteiger partial charge in [0, 0.05) is 38.6 Å². The lowest BCUT2D eigenvalue weighted by atomic mass is 9.71. The molecule has 1 spiro atoms. The summed E-state index contributed by atoms with van der Waals surface area (Å²) in [7, 11) is 2.12. The first kappa shape index (κ1) is 21.4. The molecule has 3 aliphatic heterocycles. The Morgan fingerprint density at radius 2 is 1.53 bits per heavy atom. The Morgan fingerprint density at radius 1 is 0.933 bits per heavy atom. The van der Waals surface area contributed by atoms with E-state index >= 15 is 0 Å². The van der Waals surface area contributed by atoms with E-state index in [-0.39, 0.29) is 5.92 Å². The number of aryl methyl sites for hydroxylation is 1. The largest absolute Gasteiger partial charge is 0.343 e. The second-order valence-electron chi connectivity index (χ2n) is 9.81. The number of carbonyl (C=O) groups excluding carboxylic acids is 2. The lowest BCUT2D eigenvalue weighted by Gasteiger charge is -2.47. The van der Waals surface area contributed by atoms with E-state index < -0.39 is 0 Å². The van der Waals surface area contributed by atoms with Crippen LogP contribution in [0.3, 0.4) is 0 Å². The molecule has 30 heavy (non-hydrogen) atoms. The van der Waals surface area contributed by atoms with Crippen molar-refractivity contribution in [3.05, 3.63) is 35.9 Å². The first-order valence-electron chi connectivity index (χ1n) is 11.8. The van der Waals surface area contributed by atoms with Gasteiger partial charge in [0.2, 0.25) is 11.8 Å². The molecule has 2 atom stereocenters. The third kappa shape index (κ3) is 4.56. The summed E-state index contributed by atoms with van der Waals surface area (Å²) in [4.78, 5) is 32.2. The van der Waals surface area contributed by atoms with Crippen molar-refractivity contribution in [3.63, 3.8) is 0 Å². The second kappa shape index (κ2) is 9.09. The molecule has 0 saturated carbocycles. The Labute approximate surface area is 181 Å². The average Bonchev–Trinajstić information content (AvgIpc) is 3.12. The fraction of sp³-hybridized carbons (Fsp3) is 0.680. The minimum absolute atomic E-state index is 0.174. The van der Waals surface area contributed by atoms with Crippen LogP contribution in [-0.2, 0) is 16.0 Å². The van der Waals surface area contributed by atoms with Crippen molar-refractivity contribution in [1.29, 1.82) is 0 Å². The molecular weight excluding hydrogens is 374 g/mol. The van der Waals surface area contributed by atoms with Gasteiger partial charge in [0.1, 0.15) is 0 Å². The maximum absolute atomic E-state index is 13.0. The van der Waals surface area contributed by atoms with Gasteiger partial charge >= 0.3 is 0 Å². The predicted octanol–water partition coefficient (Wildman–Crippen LogP) is 3.19. The molecule has 0 bridgehead atoms. The molecular formula is C25H37N3O2. The molecule has 1 aromatic rings. The molecule has 5 heteroatoms. The highest BCUT2D eigenvalue weighted by Crippen LogP contribution is 2.42. The van der Waals surface area contributed by atoms with E-state index in [0.29, 0.717) is 29.7 Å². The number of piperidine rings is 2. The zero-order valence-corrected chi connectivity index (χ0v) is 18.7. The van der Waals surface area contributed by atoms with Crippen LogP contribution >= 0.6 is 0 Å². The quantitative estimate of drug-likeness (QED) is 0.764. The van der Waals surface area contributed by atoms with Gasteiger partial charge in [0.25, 0.3) is 0 Å². The van der Waals surface area contributed by atoms with Crippen LogP contribution in [0.2, 0.25) is 0 Å². The van der Waals surface area contributed by atoms with Gasteiger partial charge in [-0.3, -0.25) is 9.59 Å². The molecule has 3 saturated heterocycles. The van der Waals surface area contributed by atoms with Crippen molar-refractivity contribution < 1.29 is 9.59 Å². The Bertz CT molecular complexity index is 732. The highest BCUT2D eigenvalue weighted by Gasteiger charge is 2.42. The second-order valence-corrected chi connectivity index (χ2v) is 9.81. The fourth-order valence-electron chi connectivity index (χ4n) is 5.65. The number of hydrogen-bond acceptors (Lipinski definition) is 3. The summed E-state index contributed by atoms with van der Waals surface area (Å²) in [5.74, 6) is 0.837. The third-order valence-electron chi connectivity index (χ3n) is 8.17. The van der Waals surface area contributed by atoms with Gasteiger partial charge in [-0.2, -0.15) is 0 Å². The van der Waals surface area contributed by atoms with Gasteiger partial charge in [-0.25, -0.2) is 0 Å². The van der Waals surface area contributed by atoms with Crippen molar-refractivity contribution in [2.75, 3.05) is 39.8 Å². The van der Waals surface area contributed by atoms with Crippen LogP contribution < -0.4 is 0 Å². The zero-order valence-electron chi connectivity index (χ0n) is 18.7. The zero-order chi connectivity index (χ0) is 21.1. The standard InChI is InChI=1S/C25H37N3O2/c1-20-22(10-15-26(20)2)24(30)28-18-13-25(14-19-28)11-16-27(17-12-25)23(29)9-8-21-6-4-3-5-7-21/h3-7,20,22H,8-19H2,1-2H3/t20-,22-/m1/s1. The van der Waals surface area contributed by atoms with Gasteiger partial charge in [-0.1, -0.05) is 30.3 Å². The van der Waals surface area contributed by atoms with E-state index in [2.05, 4.69) is 40.8 Å². The lowest BCUT2D eigenvalue weighted by Crippen LogP contribution is -2.51. The maximum atomic E-state index is 13.0. The molecule has 0 aromatic heterocycles. The average molecular weight is 412 g/mol. The molecule has 2 amide bonds. The first-order valence-corrected chi connectivity index (χ1v) is 11.8. The summed E-state index contributed by atoms with van der Waals surface area (Å²) in [5, 5.41) is 0. The maximum Gasteiger partial charge on any atom is 0.227 e. The topological polar surface area (TPSA) is 43.9 Å². The van der Waals surface area contributed by atoms with E-state index in [1.165, 1.54) is 5.56 Å². The van der Waals surface area contributed by atoms with E-state index in [1.807, 2.05) is 18.2 Å². The number of carbonyl (C=O) groups is 2. The van der Waals surface area contributed by atoms with Crippen molar-refractivity contribution in [2.24, 2.45) is 11.3 Å². The van der Waals surface area contributed by atoms with Gasteiger partial charge in [0.05, 0.1) is 5.92 Å². The molecule has 1 aromatic carbocycles. The number of nitrogens with zero attached hydrogens (tertiary/aromatic N) is 3. The predicted molar refractivity (Wildman–Crippen MR) is 119 cm³/mol. The van der Waals surface area contributed by atoms with Gasteiger partial charge in [-0.05, 0) is 70.0 Å². The van der Waals surface area contributed by atoms with Gasteiger partial charge in [-0.15, -0.1) is 0 Å².